The zero-order valence-corrected chi connectivity index (χ0v) is 16.6. The van der Waals surface area contributed by atoms with E-state index in [1.54, 1.807) is 11.1 Å². The van der Waals surface area contributed by atoms with E-state index in [-0.39, 0.29) is 0 Å². The number of nitrogens with zero attached hydrogens (tertiary/aromatic N) is 1. The highest BCUT2D eigenvalue weighted by atomic mass is 14.9. The van der Waals surface area contributed by atoms with E-state index in [0.717, 1.165) is 11.8 Å². The summed E-state index contributed by atoms with van der Waals surface area (Å²) < 4.78 is 2.32. The summed E-state index contributed by atoms with van der Waals surface area (Å²) in [4.78, 5) is 0. The van der Waals surface area contributed by atoms with Crippen LogP contribution in [0.2, 0.25) is 0 Å². The number of pyridine rings is 1. The number of benzene rings is 1. The zero-order valence-electron chi connectivity index (χ0n) is 16.6. The number of rotatable bonds is 3. The molecule has 0 radical (unpaired) electrons. The summed E-state index contributed by atoms with van der Waals surface area (Å²) in [6.45, 7) is 2.27. The molecular formula is C25H34N+. The fraction of sp³-hybridized carbons (Fsp3) is 0.560. The van der Waals surface area contributed by atoms with Crippen LogP contribution in [0.25, 0.3) is 11.3 Å². The lowest BCUT2D eigenvalue weighted by Crippen LogP contribution is -2.31. The van der Waals surface area contributed by atoms with Gasteiger partial charge in [-0.25, -0.2) is 4.57 Å². The molecule has 2 saturated carbocycles. The largest absolute Gasteiger partial charge is 0.212 e. The smallest absolute Gasteiger partial charge is 0.201 e. The molecule has 0 unspecified atom stereocenters. The SMILES string of the molecule is Cc1ccc(C2CCCCC2)cc1-c1cc(C2CCCCC2)cc[n+]1C. The lowest BCUT2D eigenvalue weighted by Gasteiger charge is -2.23. The van der Waals surface area contributed by atoms with Crippen LogP contribution in [0.3, 0.4) is 0 Å². The second-order valence-corrected chi connectivity index (χ2v) is 8.70. The molecule has 0 aliphatic heterocycles. The molecule has 1 heteroatoms. The Bertz CT molecular complexity index is 683. The van der Waals surface area contributed by atoms with Crippen LogP contribution in [0.1, 0.15) is 92.7 Å². The molecule has 0 bridgehead atoms. The van der Waals surface area contributed by atoms with Crippen molar-refractivity contribution in [2.45, 2.75) is 83.0 Å². The summed E-state index contributed by atoms with van der Waals surface area (Å²) in [5, 5.41) is 0. The molecule has 4 rings (SSSR count). The van der Waals surface area contributed by atoms with Crippen molar-refractivity contribution in [3.8, 4) is 11.3 Å². The molecule has 0 spiro atoms. The van der Waals surface area contributed by atoms with E-state index in [1.807, 2.05) is 0 Å². The van der Waals surface area contributed by atoms with E-state index in [0.29, 0.717) is 0 Å². The van der Waals surface area contributed by atoms with Gasteiger partial charge in [0.15, 0.2) is 6.20 Å². The second kappa shape index (κ2) is 7.94. The predicted octanol–water partition coefficient (Wildman–Crippen LogP) is 6.58. The van der Waals surface area contributed by atoms with E-state index in [9.17, 15) is 0 Å². The highest BCUT2D eigenvalue weighted by molar-refractivity contribution is 5.63. The fourth-order valence-corrected chi connectivity index (χ4v) is 5.15. The van der Waals surface area contributed by atoms with Gasteiger partial charge in [-0.1, -0.05) is 50.7 Å². The lowest BCUT2D eigenvalue weighted by atomic mass is 9.82. The molecule has 1 nitrogen and oxygen atoms in total. The molecule has 0 N–H and O–H groups in total. The van der Waals surface area contributed by atoms with Gasteiger partial charge in [-0.15, -0.1) is 0 Å². The van der Waals surface area contributed by atoms with Crippen molar-refractivity contribution in [3.63, 3.8) is 0 Å². The third kappa shape index (κ3) is 3.72. The second-order valence-electron chi connectivity index (χ2n) is 8.70. The van der Waals surface area contributed by atoms with Crippen molar-refractivity contribution in [1.82, 2.24) is 0 Å². The summed E-state index contributed by atoms with van der Waals surface area (Å²) >= 11 is 0. The average Bonchev–Trinajstić information content (AvgIpc) is 2.70. The van der Waals surface area contributed by atoms with Gasteiger partial charge in [0.2, 0.25) is 5.69 Å². The molecule has 26 heavy (non-hydrogen) atoms. The van der Waals surface area contributed by atoms with Crippen molar-refractivity contribution in [2.24, 2.45) is 7.05 Å². The normalized spacial score (nSPS) is 19.6. The molecule has 138 valence electrons. The van der Waals surface area contributed by atoms with Crippen LogP contribution >= 0.6 is 0 Å². The van der Waals surface area contributed by atoms with E-state index < -0.39 is 0 Å². The minimum absolute atomic E-state index is 0.769. The van der Waals surface area contributed by atoms with Gasteiger partial charge in [-0.3, -0.25) is 0 Å². The van der Waals surface area contributed by atoms with Crippen LogP contribution in [0.4, 0.5) is 0 Å². The van der Waals surface area contributed by atoms with Crippen LogP contribution < -0.4 is 4.57 Å². The Hall–Kier alpha value is -1.63. The molecule has 0 saturated heterocycles. The topological polar surface area (TPSA) is 3.88 Å². The van der Waals surface area contributed by atoms with Crippen molar-refractivity contribution in [2.75, 3.05) is 0 Å². The first kappa shape index (κ1) is 17.8. The molecule has 2 aromatic rings. The van der Waals surface area contributed by atoms with Crippen LogP contribution in [0, 0.1) is 6.92 Å². The Balaban J connectivity index is 1.69. The number of hydrogen-bond donors (Lipinski definition) is 0. The van der Waals surface area contributed by atoms with Crippen LogP contribution in [-0.2, 0) is 7.05 Å². The van der Waals surface area contributed by atoms with Crippen molar-refractivity contribution in [1.29, 1.82) is 0 Å². The fourth-order valence-electron chi connectivity index (χ4n) is 5.15. The van der Waals surface area contributed by atoms with Crippen molar-refractivity contribution < 1.29 is 4.57 Å². The maximum Gasteiger partial charge on any atom is 0.212 e. The predicted molar refractivity (Wildman–Crippen MR) is 109 cm³/mol. The highest BCUT2D eigenvalue weighted by Crippen LogP contribution is 2.36. The Morgan fingerprint density at radius 3 is 1.92 bits per heavy atom. The van der Waals surface area contributed by atoms with E-state index in [4.69, 9.17) is 0 Å². The van der Waals surface area contributed by atoms with Gasteiger partial charge in [0.25, 0.3) is 0 Å². The Labute approximate surface area is 159 Å². The number of aromatic nitrogens is 1. The summed E-state index contributed by atoms with van der Waals surface area (Å²) in [6, 6.07) is 12.1. The van der Waals surface area contributed by atoms with Gasteiger partial charge in [0.05, 0.1) is 0 Å². The van der Waals surface area contributed by atoms with Gasteiger partial charge in [-0.05, 0) is 67.2 Å². The van der Waals surface area contributed by atoms with Crippen molar-refractivity contribution in [3.05, 3.63) is 53.2 Å². The number of hydrogen-bond acceptors (Lipinski definition) is 0. The molecule has 1 heterocycles. The third-order valence-electron chi connectivity index (χ3n) is 6.86. The first-order chi connectivity index (χ1) is 12.7. The minimum Gasteiger partial charge on any atom is -0.201 e. The van der Waals surface area contributed by atoms with E-state index in [2.05, 4.69) is 55.1 Å². The maximum absolute atomic E-state index is 2.51. The molecule has 2 aliphatic carbocycles. The van der Waals surface area contributed by atoms with Gasteiger partial charge < -0.3 is 0 Å². The number of aryl methyl sites for hydroxylation is 2. The summed E-state index contributed by atoms with van der Waals surface area (Å²) in [6.07, 6.45) is 16.2. The molecule has 1 aromatic heterocycles. The van der Waals surface area contributed by atoms with Gasteiger partial charge in [0.1, 0.15) is 7.05 Å². The van der Waals surface area contributed by atoms with Crippen LogP contribution in [0.5, 0.6) is 0 Å². The minimum atomic E-state index is 0.769. The summed E-state index contributed by atoms with van der Waals surface area (Å²) in [7, 11) is 2.20. The standard InChI is InChI=1S/C25H34N/c1-19-13-14-22(20-9-5-3-6-10-20)17-24(19)25-18-23(15-16-26(25)2)21-11-7-4-8-12-21/h13-18,20-21H,3-12H2,1-2H3/q+1. The Kier molecular flexibility index (Phi) is 5.43. The monoisotopic (exact) mass is 348 g/mol. The van der Waals surface area contributed by atoms with E-state index >= 15 is 0 Å². The van der Waals surface area contributed by atoms with Crippen LogP contribution in [0.15, 0.2) is 36.5 Å². The van der Waals surface area contributed by atoms with Gasteiger partial charge in [0, 0.05) is 17.7 Å². The average molecular weight is 349 g/mol. The van der Waals surface area contributed by atoms with Gasteiger partial charge in [-0.2, -0.15) is 0 Å². The highest BCUT2D eigenvalue weighted by Gasteiger charge is 2.22. The lowest BCUT2D eigenvalue weighted by molar-refractivity contribution is -0.660. The van der Waals surface area contributed by atoms with Crippen LogP contribution in [-0.4, -0.2) is 0 Å². The summed E-state index contributed by atoms with van der Waals surface area (Å²) in [5.41, 5.74) is 7.35. The first-order valence-corrected chi connectivity index (χ1v) is 10.8. The quantitative estimate of drug-likeness (QED) is 0.551. The Morgan fingerprint density at radius 2 is 1.31 bits per heavy atom. The Morgan fingerprint density at radius 1 is 0.731 bits per heavy atom. The van der Waals surface area contributed by atoms with E-state index in [1.165, 1.54) is 81.0 Å². The molecular weight excluding hydrogens is 314 g/mol. The summed E-state index contributed by atoms with van der Waals surface area (Å²) in [5.74, 6) is 1.54. The van der Waals surface area contributed by atoms with Gasteiger partial charge >= 0.3 is 0 Å². The molecule has 1 aromatic carbocycles. The maximum atomic E-state index is 2.51. The molecule has 0 atom stereocenters. The molecule has 0 amide bonds. The molecule has 2 aliphatic rings. The first-order valence-electron chi connectivity index (χ1n) is 10.8. The van der Waals surface area contributed by atoms with Crippen molar-refractivity contribution >= 4 is 0 Å². The molecule has 2 fully saturated rings. The zero-order chi connectivity index (χ0) is 17.9. The third-order valence-corrected chi connectivity index (χ3v) is 6.86.